The normalized spacial score (nSPS) is 13.0. The van der Waals surface area contributed by atoms with Crippen molar-refractivity contribution in [3.05, 3.63) is 110 Å². The number of aromatic nitrogens is 6. The zero-order valence-electron chi connectivity index (χ0n) is 36.3. The van der Waals surface area contributed by atoms with Crippen LogP contribution in [0.1, 0.15) is 111 Å². The molecule has 1 aliphatic heterocycles. The summed E-state index contributed by atoms with van der Waals surface area (Å²) in [6.45, 7) is 19.1. The first-order valence-corrected chi connectivity index (χ1v) is 30.0. The lowest BCUT2D eigenvalue weighted by atomic mass is 9.94. The zero-order chi connectivity index (χ0) is 49.2. The highest BCUT2D eigenvalue weighted by atomic mass is 79.9. The van der Waals surface area contributed by atoms with Crippen LogP contribution in [-0.4, -0.2) is 74.6 Å². The summed E-state index contributed by atoms with van der Waals surface area (Å²) < 4.78 is 5.62. The third-order valence-electron chi connectivity index (χ3n) is 7.91. The molecule has 1 unspecified atom stereocenters. The zero-order valence-corrected chi connectivity index (χ0v) is 53.6. The Morgan fingerprint density at radius 1 is 0.662 bits per heavy atom. The Hall–Kier alpha value is 0.750. The maximum Gasteiger partial charge on any atom is 0.178 e. The molecule has 1 atom stereocenters. The summed E-state index contributed by atoms with van der Waals surface area (Å²) in [5.41, 5.74) is 10.1. The van der Waals surface area contributed by atoms with Crippen LogP contribution in [0.25, 0.3) is 11.0 Å². The van der Waals surface area contributed by atoms with E-state index in [-0.39, 0.29) is 56.3 Å². The summed E-state index contributed by atoms with van der Waals surface area (Å²) in [6, 6.07) is 13.9. The summed E-state index contributed by atoms with van der Waals surface area (Å²) >= 11 is 43.7. The van der Waals surface area contributed by atoms with Gasteiger partial charge in [-0.05, 0) is 101 Å². The molecule has 1 fully saturated rings. The van der Waals surface area contributed by atoms with E-state index in [1.54, 1.807) is 4.80 Å². The molecule has 9 nitrogen and oxygen atoms in total. The van der Waals surface area contributed by atoms with Gasteiger partial charge < -0.3 is 4.74 Å². The molecule has 0 saturated carbocycles. The van der Waals surface area contributed by atoms with E-state index in [1.807, 2.05) is 49.5 Å². The van der Waals surface area contributed by atoms with Crippen LogP contribution in [0.15, 0.2) is 75.7 Å². The Labute approximate surface area is 502 Å². The van der Waals surface area contributed by atoms with Gasteiger partial charge in [-0.3, -0.25) is 14.6 Å². The molecule has 0 spiro atoms. The van der Waals surface area contributed by atoms with Gasteiger partial charge in [0.2, 0.25) is 0 Å². The van der Waals surface area contributed by atoms with Crippen molar-refractivity contribution in [2.24, 2.45) is 7.05 Å². The molecule has 3 aromatic heterocycles. The Kier molecular flexibility index (Phi) is 48.0. The number of alkyl halides is 10. The molecular weight excluding hydrogens is 1570 g/mol. The number of hydrogen-bond donors (Lipinski definition) is 0. The number of rotatable bonds is 11. The first-order valence-electron chi connectivity index (χ1n) is 19.1. The van der Waals surface area contributed by atoms with Crippen molar-refractivity contribution in [1.82, 2.24) is 29.9 Å². The number of benzene rings is 1. The fraction of sp³-hybridized carbons (Fsp3) is 0.511. The Balaban J connectivity index is -0.000000229. The maximum absolute atomic E-state index is 10.6. The second-order valence-electron chi connectivity index (χ2n) is 14.1. The van der Waals surface area contributed by atoms with Crippen LogP contribution in [0.4, 0.5) is 0 Å². The SMILES string of the molecule is BrCc1cccc(CBr)n1.BrCc1nc2ccccc2nc1CBr.C.C.C.C.C=C(C(C)(C)Br)C(C)(C)Br.C=C(CCl)CCl.CCC1CO1.Cn1nc(CBr)c(CBr)n1.O=C1CC(=O)C(Br)=C1Br. The van der Waals surface area contributed by atoms with Crippen LogP contribution in [-0.2, 0) is 53.4 Å². The first-order chi connectivity index (χ1) is 30.0. The summed E-state index contributed by atoms with van der Waals surface area (Å²) in [4.78, 5) is 36.2. The first kappa shape index (κ1) is 77.6. The number of aryl methyl sites for hydroxylation is 1. The lowest BCUT2D eigenvalue weighted by Crippen LogP contribution is -2.26. The second-order valence-corrected chi connectivity index (χ2v) is 23.5. The summed E-state index contributed by atoms with van der Waals surface area (Å²) in [5, 5.41) is 12.9. The average molecular weight is 1640 g/mol. The largest absolute Gasteiger partial charge is 0.373 e. The molecule has 1 aromatic carbocycles. The standard InChI is InChI=1S/C10H8Br2N2.C8H14Br2.C7H7Br2N.C5H7Br2N3.C5H2Br2O2.C4H6Cl2.C4H8O.4CH4/c11-5-9-10(6-12)14-8-4-2-1-3-7(8)13-9;1-6(7(2,3)9)8(4,5)10;8-4-6-2-1-3-7(5-9)10-6;1-10-8-4(2-6)5(3-7)9-10;6-4-2(8)1-3(9)5(4)7;1-4(2-5)3-6;1-2-4-3-5-4;;;;/h1-4H,5-6H2;1H2,2-5H3;1-3H,4-5H2;2-3H2,1H3;1H2;1-3H2;4H,2-3H2,1H3;4*1H4. The van der Waals surface area contributed by atoms with Gasteiger partial charge in [-0.15, -0.1) is 23.2 Å². The highest BCUT2D eigenvalue weighted by Gasteiger charge is 2.29. The minimum Gasteiger partial charge on any atom is -0.373 e. The highest BCUT2D eigenvalue weighted by Crippen LogP contribution is 2.37. The van der Waals surface area contributed by atoms with Crippen LogP contribution >= 0.6 is 183 Å². The molecule has 2 aliphatic rings. The van der Waals surface area contributed by atoms with Crippen LogP contribution in [0.5, 0.6) is 0 Å². The average Bonchev–Trinajstić information content (AvgIpc) is 4.02. The van der Waals surface area contributed by atoms with Gasteiger partial charge in [-0.25, -0.2) is 9.97 Å². The molecule has 0 N–H and O–H groups in total. The molecule has 1 aliphatic carbocycles. The van der Waals surface area contributed by atoms with E-state index in [1.165, 1.54) is 6.42 Å². The fourth-order valence-electron chi connectivity index (χ4n) is 4.25. The fourth-order valence-corrected chi connectivity index (χ4v) is 8.91. The monoisotopic (exact) mass is 1620 g/mol. The van der Waals surface area contributed by atoms with Crippen molar-refractivity contribution >= 4 is 205 Å². The molecule has 6 rings (SSSR count). The molecule has 0 amide bonds. The molecular formula is C47H68Br10Cl2N6O3. The van der Waals surface area contributed by atoms with Gasteiger partial charge in [-0.1, -0.05) is 195 Å². The highest BCUT2D eigenvalue weighted by molar-refractivity contribution is 9.14. The third-order valence-corrected chi connectivity index (χ3v) is 15.1. The maximum atomic E-state index is 10.6. The van der Waals surface area contributed by atoms with Crippen molar-refractivity contribution in [1.29, 1.82) is 0 Å². The number of epoxide rings is 1. The predicted octanol–water partition coefficient (Wildman–Crippen LogP) is 18.7. The van der Waals surface area contributed by atoms with Crippen LogP contribution in [0, 0.1) is 0 Å². The van der Waals surface area contributed by atoms with E-state index in [0.717, 1.165) is 94.9 Å². The van der Waals surface area contributed by atoms with Gasteiger partial charge in [0.05, 0.1) is 73.3 Å². The topological polar surface area (TPSA) is 116 Å². The number of para-hydroxylation sites is 2. The van der Waals surface area contributed by atoms with Gasteiger partial charge in [0, 0.05) is 59.4 Å². The quantitative estimate of drug-likeness (QED) is 0.0631. The lowest BCUT2D eigenvalue weighted by molar-refractivity contribution is -0.120. The Bertz CT molecular complexity index is 1980. The lowest BCUT2D eigenvalue weighted by Gasteiger charge is -2.29. The number of fused-ring (bicyclic) bond motifs is 1. The molecule has 0 radical (unpaired) electrons. The van der Waals surface area contributed by atoms with E-state index in [9.17, 15) is 9.59 Å². The number of halogens is 12. The number of hydrogen-bond acceptors (Lipinski definition) is 8. The van der Waals surface area contributed by atoms with Gasteiger partial charge >= 0.3 is 0 Å². The Morgan fingerprint density at radius 2 is 1.01 bits per heavy atom. The molecule has 0 bridgehead atoms. The van der Waals surface area contributed by atoms with Crippen molar-refractivity contribution in [2.75, 3.05) is 18.4 Å². The Morgan fingerprint density at radius 3 is 1.21 bits per heavy atom. The number of nitrogens with zero attached hydrogens (tertiary/aromatic N) is 6. The van der Waals surface area contributed by atoms with Crippen LogP contribution in [0.3, 0.4) is 0 Å². The number of carbonyl (C=O) groups excluding carboxylic acids is 2. The van der Waals surface area contributed by atoms with Gasteiger partial charge in [0.25, 0.3) is 0 Å². The molecule has 21 heteroatoms. The van der Waals surface area contributed by atoms with E-state index in [0.29, 0.717) is 26.8 Å². The number of ketones is 2. The van der Waals surface area contributed by atoms with E-state index in [4.69, 9.17) is 27.9 Å². The van der Waals surface area contributed by atoms with Gasteiger partial charge in [-0.2, -0.15) is 15.0 Å². The molecule has 68 heavy (non-hydrogen) atoms. The minimum absolute atomic E-state index is 0. The number of allylic oxidation sites excluding steroid dienone is 4. The molecule has 4 heterocycles. The summed E-state index contributed by atoms with van der Waals surface area (Å²) in [6.07, 6.45) is 1.83. The minimum atomic E-state index is -0.146. The van der Waals surface area contributed by atoms with Gasteiger partial charge in [0.1, 0.15) is 0 Å². The molecule has 4 aromatic rings. The van der Waals surface area contributed by atoms with Crippen LogP contribution in [0.2, 0.25) is 0 Å². The van der Waals surface area contributed by atoms with E-state index >= 15 is 0 Å². The van der Waals surface area contributed by atoms with E-state index < -0.39 is 0 Å². The van der Waals surface area contributed by atoms with Crippen molar-refractivity contribution in [2.45, 2.75) is 124 Å². The number of pyridine rings is 1. The number of Topliss-reactive ketones (excluding diaryl/α,β-unsaturated/α-hetero) is 2. The van der Waals surface area contributed by atoms with E-state index in [2.05, 4.69) is 232 Å². The summed E-state index contributed by atoms with van der Waals surface area (Å²) in [5.74, 6) is 0.659. The van der Waals surface area contributed by atoms with Crippen LogP contribution < -0.4 is 0 Å². The predicted molar refractivity (Wildman–Crippen MR) is 333 cm³/mol. The smallest absolute Gasteiger partial charge is 0.178 e. The molecule has 1 saturated heterocycles. The summed E-state index contributed by atoms with van der Waals surface area (Å²) in [7, 11) is 1.82. The van der Waals surface area contributed by atoms with Gasteiger partial charge in [0.15, 0.2) is 11.6 Å². The molecule has 388 valence electrons. The van der Waals surface area contributed by atoms with Crippen molar-refractivity contribution in [3.63, 3.8) is 0 Å². The number of ether oxygens (including phenoxy) is 1. The number of carbonyl (C=O) groups is 2. The second kappa shape index (κ2) is 42.0. The van der Waals surface area contributed by atoms with Crippen molar-refractivity contribution < 1.29 is 14.3 Å². The third kappa shape index (κ3) is 32.1. The van der Waals surface area contributed by atoms with Crippen molar-refractivity contribution in [3.8, 4) is 0 Å².